The summed E-state index contributed by atoms with van der Waals surface area (Å²) in [5.74, 6) is 0.767. The first kappa shape index (κ1) is 25.9. The molecule has 1 saturated heterocycles. The summed E-state index contributed by atoms with van der Waals surface area (Å²) in [5, 5.41) is 3.01. The van der Waals surface area contributed by atoms with Gasteiger partial charge in [0.2, 0.25) is 0 Å². The third-order valence-electron chi connectivity index (χ3n) is 9.02. The number of aromatic nitrogens is 1. The summed E-state index contributed by atoms with van der Waals surface area (Å²) in [6.07, 6.45) is 8.48. The molecule has 0 bridgehead atoms. The molecule has 1 aliphatic carbocycles. The average molecular weight is 526 g/mol. The van der Waals surface area contributed by atoms with Crippen molar-refractivity contribution >= 4 is 5.91 Å². The number of hydrogen-bond donors (Lipinski definition) is 2. The van der Waals surface area contributed by atoms with E-state index < -0.39 is 0 Å². The number of pyridine rings is 1. The van der Waals surface area contributed by atoms with Crippen LogP contribution in [0.3, 0.4) is 0 Å². The lowest BCUT2D eigenvalue weighted by Gasteiger charge is -2.26. The molecule has 3 heterocycles. The largest absolute Gasteiger partial charge is 0.492 e. The highest BCUT2D eigenvalue weighted by atomic mass is 16.5. The molecule has 6 rings (SSSR count). The van der Waals surface area contributed by atoms with E-state index in [1.165, 1.54) is 56.3 Å². The number of H-pyrrole nitrogens is 1. The van der Waals surface area contributed by atoms with E-state index in [0.717, 1.165) is 47.5 Å². The van der Waals surface area contributed by atoms with Crippen molar-refractivity contribution in [2.45, 2.75) is 77.3 Å². The van der Waals surface area contributed by atoms with E-state index in [0.29, 0.717) is 17.7 Å². The molecule has 2 fully saturated rings. The van der Waals surface area contributed by atoms with E-state index in [4.69, 9.17) is 4.74 Å². The molecule has 0 unspecified atom stereocenters. The van der Waals surface area contributed by atoms with Gasteiger partial charge in [-0.1, -0.05) is 43.5 Å². The molecule has 3 aromatic rings. The molecular formula is C33H39N3O3. The van der Waals surface area contributed by atoms with Crippen molar-refractivity contribution in [3.05, 3.63) is 86.3 Å². The van der Waals surface area contributed by atoms with Crippen LogP contribution in [-0.2, 0) is 18.5 Å². The number of aromatic amines is 1. The van der Waals surface area contributed by atoms with Crippen molar-refractivity contribution in [2.75, 3.05) is 19.7 Å². The highest BCUT2D eigenvalue weighted by molar-refractivity contribution is 5.97. The molecule has 1 amide bonds. The Kier molecular flexibility index (Phi) is 7.06. The second-order valence-corrected chi connectivity index (χ2v) is 11.8. The van der Waals surface area contributed by atoms with Gasteiger partial charge in [-0.3, -0.25) is 14.5 Å². The SMILES string of the molecule is Cc1cc(C)c(CNC(=O)c2cc(-c3ccc(CN4CCCCC4)cc3)c3c(c2)C2(CCCC2)CO3)c(=O)[nH]1. The van der Waals surface area contributed by atoms with E-state index in [1.54, 1.807) is 0 Å². The zero-order valence-corrected chi connectivity index (χ0v) is 23.2. The first-order chi connectivity index (χ1) is 18.9. The third kappa shape index (κ3) is 5.14. The standard InChI is InChI=1S/C33H39N3O3/c1-22-16-23(2)35-32(38)28(22)19-34-31(37)26-17-27(30-29(18-26)33(21-39-30)12-4-5-13-33)25-10-8-24(9-11-25)20-36-14-6-3-7-15-36/h8-11,16-18H,3-7,12-15,19-21H2,1-2H3,(H,34,37)(H,35,38). The second-order valence-electron chi connectivity index (χ2n) is 11.8. The quantitative estimate of drug-likeness (QED) is 0.428. The van der Waals surface area contributed by atoms with Crippen molar-refractivity contribution in [3.8, 4) is 16.9 Å². The van der Waals surface area contributed by atoms with Crippen LogP contribution >= 0.6 is 0 Å². The Morgan fingerprint density at radius 2 is 1.74 bits per heavy atom. The van der Waals surface area contributed by atoms with E-state index in [9.17, 15) is 9.59 Å². The molecule has 204 valence electrons. The van der Waals surface area contributed by atoms with E-state index in [1.807, 2.05) is 32.0 Å². The van der Waals surface area contributed by atoms with Crippen LogP contribution in [0.4, 0.5) is 0 Å². The number of carbonyl (C=O) groups excluding carboxylic acids is 1. The number of piperidine rings is 1. The Bertz CT molecular complexity index is 1430. The highest BCUT2D eigenvalue weighted by Gasteiger charge is 2.44. The molecule has 3 aliphatic rings. The number of fused-ring (bicyclic) bond motifs is 2. The molecule has 0 atom stereocenters. The summed E-state index contributed by atoms with van der Waals surface area (Å²) >= 11 is 0. The molecule has 2 aliphatic heterocycles. The Morgan fingerprint density at radius 1 is 1.00 bits per heavy atom. The lowest BCUT2D eigenvalue weighted by atomic mass is 9.79. The fourth-order valence-corrected chi connectivity index (χ4v) is 6.81. The maximum absolute atomic E-state index is 13.5. The Labute approximate surface area is 230 Å². The van der Waals surface area contributed by atoms with Crippen LogP contribution in [0.15, 0.2) is 47.3 Å². The Hall–Kier alpha value is -3.38. The number of nitrogens with zero attached hydrogens (tertiary/aromatic N) is 1. The van der Waals surface area contributed by atoms with Gasteiger partial charge in [0.25, 0.3) is 11.5 Å². The van der Waals surface area contributed by atoms with Crippen molar-refractivity contribution < 1.29 is 9.53 Å². The topological polar surface area (TPSA) is 74.4 Å². The lowest BCUT2D eigenvalue weighted by Crippen LogP contribution is -2.29. The molecule has 1 aromatic heterocycles. The van der Waals surface area contributed by atoms with Crippen molar-refractivity contribution in [1.82, 2.24) is 15.2 Å². The predicted molar refractivity (Wildman–Crippen MR) is 154 cm³/mol. The minimum atomic E-state index is -0.166. The molecule has 6 heteroatoms. The molecule has 2 aromatic carbocycles. The van der Waals surface area contributed by atoms with Crippen LogP contribution < -0.4 is 15.6 Å². The summed E-state index contributed by atoms with van der Waals surface area (Å²) in [6, 6.07) is 14.7. The fraction of sp³-hybridized carbons (Fsp3) is 0.455. The van der Waals surface area contributed by atoms with Gasteiger partial charge < -0.3 is 15.0 Å². The molecule has 39 heavy (non-hydrogen) atoms. The van der Waals surface area contributed by atoms with Gasteiger partial charge in [-0.05, 0) is 87.5 Å². The van der Waals surface area contributed by atoms with Gasteiger partial charge in [0.15, 0.2) is 0 Å². The van der Waals surface area contributed by atoms with Crippen LogP contribution in [0.2, 0.25) is 0 Å². The molecule has 0 radical (unpaired) electrons. The summed E-state index contributed by atoms with van der Waals surface area (Å²) in [6.45, 7) is 7.99. The van der Waals surface area contributed by atoms with Gasteiger partial charge in [-0.2, -0.15) is 0 Å². The van der Waals surface area contributed by atoms with E-state index >= 15 is 0 Å². The van der Waals surface area contributed by atoms with Crippen molar-refractivity contribution in [2.24, 2.45) is 0 Å². The van der Waals surface area contributed by atoms with Gasteiger partial charge in [-0.25, -0.2) is 0 Å². The fourth-order valence-electron chi connectivity index (χ4n) is 6.81. The zero-order valence-electron chi connectivity index (χ0n) is 23.2. The number of nitrogens with one attached hydrogen (secondary N) is 2. The number of hydrogen-bond acceptors (Lipinski definition) is 4. The smallest absolute Gasteiger partial charge is 0.253 e. The highest BCUT2D eigenvalue weighted by Crippen LogP contribution is 2.52. The first-order valence-electron chi connectivity index (χ1n) is 14.5. The van der Waals surface area contributed by atoms with Crippen LogP contribution in [0, 0.1) is 13.8 Å². The molecule has 1 saturated carbocycles. The summed E-state index contributed by atoms with van der Waals surface area (Å²) in [4.78, 5) is 31.4. The number of likely N-dealkylation sites (tertiary alicyclic amines) is 1. The normalized spacial score (nSPS) is 18.2. The number of amides is 1. The van der Waals surface area contributed by atoms with E-state index in [-0.39, 0.29) is 23.4 Å². The van der Waals surface area contributed by atoms with Crippen LogP contribution in [0.25, 0.3) is 11.1 Å². The Balaban J connectivity index is 1.30. The van der Waals surface area contributed by atoms with Gasteiger partial charge in [0.05, 0.1) is 6.61 Å². The Morgan fingerprint density at radius 3 is 2.46 bits per heavy atom. The maximum atomic E-state index is 13.5. The minimum Gasteiger partial charge on any atom is -0.492 e. The molecule has 6 nitrogen and oxygen atoms in total. The minimum absolute atomic E-state index is 0.000725. The summed E-state index contributed by atoms with van der Waals surface area (Å²) in [7, 11) is 0. The van der Waals surface area contributed by atoms with Crippen molar-refractivity contribution in [1.29, 1.82) is 0 Å². The molecule has 2 N–H and O–H groups in total. The predicted octanol–water partition coefficient (Wildman–Crippen LogP) is 5.78. The van der Waals surface area contributed by atoms with Crippen molar-refractivity contribution in [3.63, 3.8) is 0 Å². The van der Waals surface area contributed by atoms with Gasteiger partial charge in [0, 0.05) is 46.5 Å². The number of benzene rings is 2. The second kappa shape index (κ2) is 10.6. The average Bonchev–Trinajstić information content (AvgIpc) is 3.56. The van der Waals surface area contributed by atoms with Crippen LogP contribution in [0.1, 0.15) is 83.3 Å². The third-order valence-corrected chi connectivity index (χ3v) is 9.02. The van der Waals surface area contributed by atoms with Gasteiger partial charge >= 0.3 is 0 Å². The monoisotopic (exact) mass is 525 g/mol. The van der Waals surface area contributed by atoms with Crippen LogP contribution in [-0.4, -0.2) is 35.5 Å². The number of rotatable bonds is 6. The molecule has 1 spiro atoms. The zero-order chi connectivity index (χ0) is 27.0. The first-order valence-corrected chi connectivity index (χ1v) is 14.5. The maximum Gasteiger partial charge on any atom is 0.253 e. The van der Waals surface area contributed by atoms with Crippen LogP contribution in [0.5, 0.6) is 5.75 Å². The van der Waals surface area contributed by atoms with Gasteiger partial charge in [-0.15, -0.1) is 0 Å². The molecular weight excluding hydrogens is 486 g/mol. The summed E-state index contributed by atoms with van der Waals surface area (Å²) in [5.41, 5.74) is 7.31. The lowest BCUT2D eigenvalue weighted by molar-refractivity contribution is 0.0950. The van der Waals surface area contributed by atoms with E-state index in [2.05, 4.69) is 39.5 Å². The number of carbonyl (C=O) groups is 1. The summed E-state index contributed by atoms with van der Waals surface area (Å²) < 4.78 is 6.39. The number of ether oxygens (including phenoxy) is 1. The number of aryl methyl sites for hydroxylation is 2. The van der Waals surface area contributed by atoms with Gasteiger partial charge in [0.1, 0.15) is 5.75 Å².